The molecule has 1 aliphatic rings. The van der Waals surface area contributed by atoms with Crippen LogP contribution in [0.3, 0.4) is 0 Å². The minimum absolute atomic E-state index is 0.0801. The predicted octanol–water partition coefficient (Wildman–Crippen LogP) is 4.77. The monoisotopic (exact) mass is 480 g/mol. The van der Waals surface area contributed by atoms with E-state index in [-0.39, 0.29) is 16.2 Å². The first-order valence-corrected chi connectivity index (χ1v) is 10.8. The lowest BCUT2D eigenvalue weighted by Crippen LogP contribution is -2.36. The van der Waals surface area contributed by atoms with Crippen molar-refractivity contribution in [2.45, 2.75) is 6.92 Å². The molecule has 172 valence electrons. The molecule has 0 atom stereocenters. The highest BCUT2D eigenvalue weighted by atomic mass is 32.2. The molecular formula is C24H17FN2O6S. The second kappa shape index (κ2) is 9.36. The fourth-order valence-electron chi connectivity index (χ4n) is 3.35. The molecule has 1 aromatic heterocycles. The number of carboxylic acids is 1. The van der Waals surface area contributed by atoms with Crippen molar-refractivity contribution in [2.24, 2.45) is 0 Å². The summed E-state index contributed by atoms with van der Waals surface area (Å²) in [5.41, 5.74) is 1.60. The van der Waals surface area contributed by atoms with Gasteiger partial charge in [0.05, 0.1) is 10.5 Å². The minimum atomic E-state index is -1.05. The number of benzene rings is 2. The van der Waals surface area contributed by atoms with E-state index in [1.165, 1.54) is 36.4 Å². The van der Waals surface area contributed by atoms with Crippen LogP contribution in [-0.2, 0) is 9.59 Å². The second-order valence-corrected chi connectivity index (χ2v) is 8.30. The van der Waals surface area contributed by atoms with E-state index in [2.05, 4.69) is 5.32 Å². The molecule has 3 amide bonds. The molecule has 0 radical (unpaired) electrons. The van der Waals surface area contributed by atoms with Crippen LogP contribution in [0.2, 0.25) is 0 Å². The zero-order chi connectivity index (χ0) is 24.4. The Morgan fingerprint density at radius 3 is 2.56 bits per heavy atom. The number of amides is 3. The Bertz CT molecular complexity index is 1350. The van der Waals surface area contributed by atoms with E-state index in [0.29, 0.717) is 34.3 Å². The molecule has 0 aliphatic carbocycles. The lowest BCUT2D eigenvalue weighted by atomic mass is 10.0. The third-order valence-corrected chi connectivity index (χ3v) is 5.94. The Labute approximate surface area is 197 Å². The molecule has 0 bridgehead atoms. The number of carboxylic acid groups (broad SMARTS) is 1. The summed E-state index contributed by atoms with van der Waals surface area (Å²) in [7, 11) is 0. The molecule has 34 heavy (non-hydrogen) atoms. The number of hydrogen-bond acceptors (Lipinski definition) is 6. The molecule has 8 nitrogen and oxygen atoms in total. The Balaban J connectivity index is 1.48. The van der Waals surface area contributed by atoms with Crippen LogP contribution in [0, 0.1) is 12.7 Å². The zero-order valence-electron chi connectivity index (χ0n) is 17.7. The highest BCUT2D eigenvalue weighted by Gasteiger charge is 2.36. The predicted molar refractivity (Wildman–Crippen MR) is 124 cm³/mol. The normalized spacial score (nSPS) is 14.6. The Morgan fingerprint density at radius 1 is 1.12 bits per heavy atom. The van der Waals surface area contributed by atoms with Crippen LogP contribution in [0.5, 0.6) is 0 Å². The van der Waals surface area contributed by atoms with Crippen molar-refractivity contribution < 1.29 is 33.1 Å². The minimum Gasteiger partial charge on any atom is -0.478 e. The van der Waals surface area contributed by atoms with Gasteiger partial charge < -0.3 is 14.8 Å². The van der Waals surface area contributed by atoms with Crippen molar-refractivity contribution >= 4 is 46.5 Å². The van der Waals surface area contributed by atoms with E-state index in [1.54, 1.807) is 31.2 Å². The molecule has 2 aromatic carbocycles. The summed E-state index contributed by atoms with van der Waals surface area (Å²) >= 11 is 0.673. The molecule has 1 fully saturated rings. The maximum atomic E-state index is 13.0. The standard InChI is InChI=1S/C24H17FN2O6S/c1-13-17(3-2-4-18(13)23(30)31)19-10-9-16(33-19)11-20-22(29)27(24(32)34-20)12-21(28)26-15-7-5-14(25)6-8-15/h2-11H,12H2,1H3,(H,26,28)(H,30,31). The van der Waals surface area contributed by atoms with Crippen LogP contribution in [0.15, 0.2) is 63.9 Å². The number of halogens is 1. The average molecular weight is 480 g/mol. The Morgan fingerprint density at radius 2 is 1.85 bits per heavy atom. The number of anilines is 1. The van der Waals surface area contributed by atoms with Crippen molar-refractivity contribution in [3.8, 4) is 11.3 Å². The number of rotatable bonds is 6. The van der Waals surface area contributed by atoms with Gasteiger partial charge in [-0.15, -0.1) is 0 Å². The van der Waals surface area contributed by atoms with Gasteiger partial charge in [-0.1, -0.05) is 12.1 Å². The first kappa shape index (κ1) is 23.0. The Hall–Kier alpha value is -4.18. The molecule has 2 heterocycles. The van der Waals surface area contributed by atoms with Crippen LogP contribution in [0.1, 0.15) is 21.7 Å². The van der Waals surface area contributed by atoms with E-state index in [4.69, 9.17) is 4.42 Å². The SMILES string of the molecule is Cc1c(C(=O)O)cccc1-c1ccc(C=C2SC(=O)N(CC(=O)Nc3ccc(F)cc3)C2=O)o1. The quantitative estimate of drug-likeness (QED) is 0.488. The fraction of sp³-hybridized carbons (Fsp3) is 0.0833. The van der Waals surface area contributed by atoms with E-state index in [0.717, 1.165) is 4.90 Å². The molecular weight excluding hydrogens is 463 g/mol. The third-order valence-electron chi connectivity index (χ3n) is 5.03. The number of furan rings is 1. The van der Waals surface area contributed by atoms with E-state index < -0.39 is 35.4 Å². The zero-order valence-corrected chi connectivity index (χ0v) is 18.5. The molecule has 0 unspecified atom stereocenters. The van der Waals surface area contributed by atoms with Crippen LogP contribution < -0.4 is 5.32 Å². The van der Waals surface area contributed by atoms with Crippen LogP contribution in [0.25, 0.3) is 17.4 Å². The molecule has 0 saturated carbocycles. The van der Waals surface area contributed by atoms with Crippen molar-refractivity contribution in [3.63, 3.8) is 0 Å². The van der Waals surface area contributed by atoms with E-state index >= 15 is 0 Å². The van der Waals surface area contributed by atoms with Gasteiger partial charge in [0.15, 0.2) is 0 Å². The lowest BCUT2D eigenvalue weighted by Gasteiger charge is -2.12. The van der Waals surface area contributed by atoms with Gasteiger partial charge in [-0.05, 0) is 66.7 Å². The van der Waals surface area contributed by atoms with Gasteiger partial charge in [0.1, 0.15) is 23.9 Å². The third kappa shape index (κ3) is 4.76. The number of imide groups is 1. The van der Waals surface area contributed by atoms with Gasteiger partial charge in [0.2, 0.25) is 5.91 Å². The number of hydrogen-bond donors (Lipinski definition) is 2. The van der Waals surface area contributed by atoms with Gasteiger partial charge in [-0.3, -0.25) is 19.3 Å². The molecule has 3 aromatic rings. The maximum Gasteiger partial charge on any atom is 0.335 e. The van der Waals surface area contributed by atoms with E-state index in [1.807, 2.05) is 0 Å². The summed E-state index contributed by atoms with van der Waals surface area (Å²) in [6, 6.07) is 13.1. The fourth-order valence-corrected chi connectivity index (χ4v) is 4.17. The molecule has 1 saturated heterocycles. The highest BCUT2D eigenvalue weighted by molar-refractivity contribution is 8.18. The number of nitrogens with one attached hydrogen (secondary N) is 1. The van der Waals surface area contributed by atoms with Crippen molar-refractivity contribution in [1.29, 1.82) is 0 Å². The molecule has 10 heteroatoms. The largest absolute Gasteiger partial charge is 0.478 e. The van der Waals surface area contributed by atoms with Gasteiger partial charge in [0.25, 0.3) is 11.1 Å². The Kier molecular flexibility index (Phi) is 6.33. The summed E-state index contributed by atoms with van der Waals surface area (Å²) < 4.78 is 18.8. The summed E-state index contributed by atoms with van der Waals surface area (Å²) in [6.07, 6.45) is 1.39. The number of thioether (sulfide) groups is 1. The summed E-state index contributed by atoms with van der Waals surface area (Å²) in [5, 5.41) is 11.2. The van der Waals surface area contributed by atoms with Crippen LogP contribution in [-0.4, -0.2) is 39.6 Å². The van der Waals surface area contributed by atoms with Crippen molar-refractivity contribution in [1.82, 2.24) is 4.90 Å². The smallest absolute Gasteiger partial charge is 0.335 e. The number of carbonyl (C=O) groups is 4. The van der Waals surface area contributed by atoms with Crippen molar-refractivity contribution in [3.05, 3.63) is 82.2 Å². The van der Waals surface area contributed by atoms with Gasteiger partial charge in [-0.25, -0.2) is 9.18 Å². The summed E-state index contributed by atoms with van der Waals surface area (Å²) in [6.45, 7) is 1.17. The van der Waals surface area contributed by atoms with Gasteiger partial charge >= 0.3 is 5.97 Å². The summed E-state index contributed by atoms with van der Waals surface area (Å²) in [4.78, 5) is 49.5. The number of nitrogens with zero attached hydrogens (tertiary/aromatic N) is 1. The first-order valence-electron chi connectivity index (χ1n) is 9.97. The van der Waals surface area contributed by atoms with E-state index in [9.17, 15) is 28.7 Å². The molecule has 1 aliphatic heterocycles. The topological polar surface area (TPSA) is 117 Å². The molecule has 2 N–H and O–H groups in total. The van der Waals surface area contributed by atoms with Gasteiger partial charge in [0, 0.05) is 17.3 Å². The molecule has 4 rings (SSSR count). The maximum absolute atomic E-state index is 13.0. The first-order chi connectivity index (χ1) is 16.2. The number of carbonyl (C=O) groups excluding carboxylic acids is 3. The second-order valence-electron chi connectivity index (χ2n) is 7.31. The number of aromatic carboxylic acids is 1. The van der Waals surface area contributed by atoms with Gasteiger partial charge in [-0.2, -0.15) is 0 Å². The van der Waals surface area contributed by atoms with Crippen LogP contribution >= 0.6 is 11.8 Å². The summed E-state index contributed by atoms with van der Waals surface area (Å²) in [5.74, 6) is -2.07. The average Bonchev–Trinajstić information content (AvgIpc) is 3.35. The van der Waals surface area contributed by atoms with Crippen LogP contribution in [0.4, 0.5) is 14.9 Å². The molecule has 0 spiro atoms. The lowest BCUT2D eigenvalue weighted by molar-refractivity contribution is -0.127. The van der Waals surface area contributed by atoms with Crippen molar-refractivity contribution in [2.75, 3.05) is 11.9 Å². The highest BCUT2D eigenvalue weighted by Crippen LogP contribution is 2.34.